The zero-order valence-electron chi connectivity index (χ0n) is 19.2. The number of nitrogens with zero attached hydrogens (tertiary/aromatic N) is 2. The Morgan fingerprint density at radius 2 is 1.91 bits per heavy atom. The topological polar surface area (TPSA) is 123 Å². The average Bonchev–Trinajstić information content (AvgIpc) is 2.86. The van der Waals surface area contributed by atoms with Crippen molar-refractivity contribution in [3.8, 4) is 5.75 Å². The molecule has 2 N–H and O–H groups in total. The largest absolute Gasteiger partial charge is 0.492 e. The zero-order valence-corrected chi connectivity index (χ0v) is 19.2. The molecule has 0 radical (unpaired) electrons. The van der Waals surface area contributed by atoms with Crippen LogP contribution in [0.25, 0.3) is 0 Å². The van der Waals surface area contributed by atoms with Gasteiger partial charge in [0, 0.05) is 50.0 Å². The van der Waals surface area contributed by atoms with Crippen LogP contribution in [0.15, 0.2) is 48.5 Å². The molecule has 0 saturated carbocycles. The molecule has 0 bridgehead atoms. The van der Waals surface area contributed by atoms with Gasteiger partial charge in [-0.1, -0.05) is 18.2 Å². The summed E-state index contributed by atoms with van der Waals surface area (Å²) >= 11 is 0. The highest BCUT2D eigenvalue weighted by Crippen LogP contribution is 2.15. The number of non-ortho nitro benzene ring substituents is 1. The lowest BCUT2D eigenvalue weighted by Crippen LogP contribution is -2.38. The van der Waals surface area contributed by atoms with E-state index in [1.165, 1.54) is 24.3 Å². The summed E-state index contributed by atoms with van der Waals surface area (Å²) < 4.78 is 11.3. The summed E-state index contributed by atoms with van der Waals surface area (Å²) in [6.45, 7) is 3.04. The average molecular weight is 471 g/mol. The summed E-state index contributed by atoms with van der Waals surface area (Å²) in [4.78, 5) is 36.8. The number of hydrogen-bond donors (Lipinski definition) is 2. The highest BCUT2D eigenvalue weighted by atomic mass is 16.6. The van der Waals surface area contributed by atoms with Crippen LogP contribution >= 0.6 is 0 Å². The van der Waals surface area contributed by atoms with Crippen molar-refractivity contribution in [2.24, 2.45) is 0 Å². The Balaban J connectivity index is 1.39. The molecular formula is C24H30N4O6. The first-order valence-corrected chi connectivity index (χ1v) is 11.2. The van der Waals surface area contributed by atoms with Gasteiger partial charge in [0.15, 0.2) is 0 Å². The van der Waals surface area contributed by atoms with Crippen LogP contribution in [0.5, 0.6) is 5.75 Å². The Hall–Kier alpha value is -3.50. The van der Waals surface area contributed by atoms with E-state index in [4.69, 9.17) is 9.47 Å². The van der Waals surface area contributed by atoms with Crippen molar-refractivity contribution in [1.29, 1.82) is 0 Å². The van der Waals surface area contributed by atoms with Gasteiger partial charge in [-0.2, -0.15) is 0 Å². The first kappa shape index (κ1) is 25.1. The molecule has 10 heteroatoms. The van der Waals surface area contributed by atoms with E-state index in [1.54, 1.807) is 0 Å². The van der Waals surface area contributed by atoms with E-state index in [1.807, 2.05) is 24.3 Å². The van der Waals surface area contributed by atoms with Gasteiger partial charge in [-0.05, 0) is 43.7 Å². The van der Waals surface area contributed by atoms with Crippen molar-refractivity contribution in [2.45, 2.75) is 25.4 Å². The first-order chi connectivity index (χ1) is 16.4. The van der Waals surface area contributed by atoms with E-state index in [0.29, 0.717) is 12.6 Å². The number of rotatable bonds is 11. The molecule has 1 aliphatic rings. The van der Waals surface area contributed by atoms with E-state index < -0.39 is 10.8 Å². The third kappa shape index (κ3) is 7.82. The smallest absolute Gasteiger partial charge is 0.270 e. The number of ether oxygens (including phenoxy) is 2. The first-order valence-electron chi connectivity index (χ1n) is 11.2. The molecule has 2 aromatic carbocycles. The predicted molar refractivity (Wildman–Crippen MR) is 126 cm³/mol. The van der Waals surface area contributed by atoms with Crippen molar-refractivity contribution in [3.05, 3.63) is 69.8 Å². The maximum atomic E-state index is 12.2. The lowest BCUT2D eigenvalue weighted by molar-refractivity contribution is -0.384. The standard InChI is InChI=1S/C24H30N4O6/c1-27(20-8-11-33-12-9-20)10-13-34-22-7-2-4-18(14-22)16-25-23(29)17-26-24(30)19-5-3-6-21(15-19)28(31)32/h2-7,14-15,20H,8-13,16-17H2,1H3,(H,25,29)(H,26,30). The van der Waals surface area contributed by atoms with Crippen molar-refractivity contribution in [2.75, 3.05) is 40.0 Å². The maximum absolute atomic E-state index is 12.2. The van der Waals surface area contributed by atoms with Gasteiger partial charge in [-0.25, -0.2) is 0 Å². The monoisotopic (exact) mass is 470 g/mol. The molecule has 0 aliphatic carbocycles. The minimum absolute atomic E-state index is 0.120. The summed E-state index contributed by atoms with van der Waals surface area (Å²) in [5.74, 6) is -0.200. The van der Waals surface area contributed by atoms with Crippen LogP contribution in [0, 0.1) is 10.1 Å². The number of carbonyl (C=O) groups excluding carboxylic acids is 2. The fraction of sp³-hybridized carbons (Fsp3) is 0.417. The van der Waals surface area contributed by atoms with Crippen molar-refractivity contribution < 1.29 is 24.0 Å². The van der Waals surface area contributed by atoms with Gasteiger partial charge in [-0.3, -0.25) is 24.6 Å². The molecule has 2 amide bonds. The lowest BCUT2D eigenvalue weighted by atomic mass is 10.1. The van der Waals surface area contributed by atoms with E-state index >= 15 is 0 Å². The Bertz CT molecular complexity index is 993. The number of hydrogen-bond acceptors (Lipinski definition) is 7. The Morgan fingerprint density at radius 1 is 1.15 bits per heavy atom. The number of benzene rings is 2. The van der Waals surface area contributed by atoms with Crippen LogP contribution in [-0.2, 0) is 16.1 Å². The molecule has 0 spiro atoms. The second-order valence-corrected chi connectivity index (χ2v) is 8.09. The van der Waals surface area contributed by atoms with Crippen LogP contribution in [0.4, 0.5) is 5.69 Å². The SMILES string of the molecule is CN(CCOc1cccc(CNC(=O)CNC(=O)c2cccc([N+](=O)[O-])c2)c1)C1CCOCC1. The molecule has 0 unspecified atom stereocenters. The highest BCUT2D eigenvalue weighted by Gasteiger charge is 2.18. The molecule has 10 nitrogen and oxygen atoms in total. The van der Waals surface area contributed by atoms with Crippen LogP contribution in [0.2, 0.25) is 0 Å². The molecule has 1 aliphatic heterocycles. The fourth-order valence-electron chi connectivity index (χ4n) is 3.65. The van der Waals surface area contributed by atoms with Gasteiger partial charge in [0.05, 0.1) is 11.5 Å². The number of likely N-dealkylation sites (N-methyl/N-ethyl adjacent to an activating group) is 1. The predicted octanol–water partition coefficient (Wildman–Crippen LogP) is 2.13. The van der Waals surface area contributed by atoms with E-state index in [0.717, 1.165) is 43.9 Å². The maximum Gasteiger partial charge on any atom is 0.270 e. The van der Waals surface area contributed by atoms with Crippen LogP contribution in [0.3, 0.4) is 0 Å². The normalized spacial score (nSPS) is 13.9. The number of nitrogens with one attached hydrogen (secondary N) is 2. The summed E-state index contributed by atoms with van der Waals surface area (Å²) in [5.41, 5.74) is 0.803. The van der Waals surface area contributed by atoms with E-state index in [9.17, 15) is 19.7 Å². The molecule has 1 saturated heterocycles. The quantitative estimate of drug-likeness (QED) is 0.381. The summed E-state index contributed by atoms with van der Waals surface area (Å²) in [6, 6.07) is 13.3. The molecule has 0 aromatic heterocycles. The summed E-state index contributed by atoms with van der Waals surface area (Å²) in [6.07, 6.45) is 2.08. The van der Waals surface area contributed by atoms with E-state index in [2.05, 4.69) is 22.6 Å². The Kier molecular flexibility index (Phi) is 9.36. The molecule has 0 atom stereocenters. The van der Waals surface area contributed by atoms with Gasteiger partial charge in [0.1, 0.15) is 12.4 Å². The van der Waals surface area contributed by atoms with E-state index in [-0.39, 0.29) is 30.2 Å². The second kappa shape index (κ2) is 12.7. The molecule has 182 valence electrons. The molecule has 2 aromatic rings. The molecular weight excluding hydrogens is 440 g/mol. The third-order valence-corrected chi connectivity index (χ3v) is 5.64. The minimum Gasteiger partial charge on any atom is -0.492 e. The second-order valence-electron chi connectivity index (χ2n) is 8.09. The highest BCUT2D eigenvalue weighted by molar-refractivity contribution is 5.96. The third-order valence-electron chi connectivity index (χ3n) is 5.64. The number of carbonyl (C=O) groups is 2. The molecule has 1 heterocycles. The van der Waals surface area contributed by atoms with Gasteiger partial charge in [-0.15, -0.1) is 0 Å². The number of amides is 2. The van der Waals surface area contributed by atoms with Gasteiger partial charge in [0.2, 0.25) is 5.91 Å². The van der Waals surface area contributed by atoms with Crippen LogP contribution < -0.4 is 15.4 Å². The Labute approximate surface area is 198 Å². The molecule has 1 fully saturated rings. The summed E-state index contributed by atoms with van der Waals surface area (Å²) in [5, 5.41) is 16.0. The van der Waals surface area contributed by atoms with Crippen molar-refractivity contribution in [3.63, 3.8) is 0 Å². The van der Waals surface area contributed by atoms with Gasteiger partial charge >= 0.3 is 0 Å². The molecule has 3 rings (SSSR count). The number of nitro groups is 1. The van der Waals surface area contributed by atoms with Crippen LogP contribution in [-0.4, -0.2) is 67.6 Å². The van der Waals surface area contributed by atoms with Gasteiger partial charge < -0.3 is 20.1 Å². The van der Waals surface area contributed by atoms with Crippen molar-refractivity contribution >= 4 is 17.5 Å². The number of nitro benzene ring substituents is 1. The minimum atomic E-state index is -0.578. The van der Waals surface area contributed by atoms with Gasteiger partial charge in [0.25, 0.3) is 11.6 Å². The summed E-state index contributed by atoms with van der Waals surface area (Å²) in [7, 11) is 2.10. The lowest BCUT2D eigenvalue weighted by Gasteiger charge is -2.31. The Morgan fingerprint density at radius 3 is 2.68 bits per heavy atom. The molecule has 34 heavy (non-hydrogen) atoms. The fourth-order valence-corrected chi connectivity index (χ4v) is 3.65. The zero-order chi connectivity index (χ0) is 24.3. The van der Waals surface area contributed by atoms with Crippen LogP contribution in [0.1, 0.15) is 28.8 Å². The van der Waals surface area contributed by atoms with Crippen molar-refractivity contribution in [1.82, 2.24) is 15.5 Å².